The van der Waals surface area contributed by atoms with Gasteiger partial charge in [0, 0.05) is 0 Å². The van der Waals surface area contributed by atoms with Gasteiger partial charge in [-0.2, -0.15) is 0 Å². The number of benzene rings is 5. The summed E-state index contributed by atoms with van der Waals surface area (Å²) in [7, 11) is 0. The molecule has 0 nitrogen and oxygen atoms in total. The Hall–Kier alpha value is -3.38. The Kier molecular flexibility index (Phi) is 4.62. The van der Waals surface area contributed by atoms with E-state index in [2.05, 4.69) is 110 Å². The van der Waals surface area contributed by atoms with Crippen LogP contribution >= 0.6 is 0 Å². The Bertz CT molecular complexity index is 1310. The minimum Gasteiger partial charge on any atom is -0.0620 e. The van der Waals surface area contributed by atoms with E-state index in [0.717, 1.165) is 12.8 Å². The molecule has 0 fully saturated rings. The molecule has 0 aliphatic heterocycles. The van der Waals surface area contributed by atoms with Crippen LogP contribution in [0.25, 0.3) is 21.5 Å². The van der Waals surface area contributed by atoms with Crippen molar-refractivity contribution in [2.24, 2.45) is 0 Å². The number of rotatable bonds is 4. The zero-order valence-corrected chi connectivity index (χ0v) is 16.7. The zero-order chi connectivity index (χ0) is 19.6. The van der Waals surface area contributed by atoms with Gasteiger partial charge in [0.15, 0.2) is 0 Å². The van der Waals surface area contributed by atoms with Crippen LogP contribution in [0.15, 0.2) is 103 Å². The van der Waals surface area contributed by atoms with Crippen molar-refractivity contribution in [3.05, 3.63) is 131 Å². The zero-order valence-electron chi connectivity index (χ0n) is 16.7. The number of hydrogen-bond donors (Lipinski definition) is 0. The summed E-state index contributed by atoms with van der Waals surface area (Å²) in [5, 5.41) is 5.40. The fraction of sp³-hybridized carbons (Fsp3) is 0.103. The van der Waals surface area contributed by atoms with E-state index in [0.29, 0.717) is 0 Å². The van der Waals surface area contributed by atoms with Crippen molar-refractivity contribution >= 4 is 21.5 Å². The summed E-state index contributed by atoms with van der Waals surface area (Å²) in [6, 6.07) is 37.5. The van der Waals surface area contributed by atoms with E-state index >= 15 is 0 Å². The SMILES string of the molecule is Cc1ccccc1Cc1ccc(Cc2cccc3ccccc23)c2ccccc12. The second-order valence-corrected chi connectivity index (χ2v) is 7.85. The second kappa shape index (κ2) is 7.56. The lowest BCUT2D eigenvalue weighted by molar-refractivity contribution is 1.16. The van der Waals surface area contributed by atoms with Crippen molar-refractivity contribution in [2.45, 2.75) is 19.8 Å². The molecular formula is C29H24. The van der Waals surface area contributed by atoms with Gasteiger partial charge in [-0.3, -0.25) is 0 Å². The van der Waals surface area contributed by atoms with E-state index in [1.807, 2.05) is 0 Å². The van der Waals surface area contributed by atoms with Gasteiger partial charge in [-0.15, -0.1) is 0 Å². The van der Waals surface area contributed by atoms with E-state index < -0.39 is 0 Å². The monoisotopic (exact) mass is 372 g/mol. The minimum atomic E-state index is 0.951. The second-order valence-electron chi connectivity index (χ2n) is 7.85. The molecule has 0 aliphatic carbocycles. The predicted octanol–water partition coefficient (Wildman–Crippen LogP) is 7.48. The highest BCUT2D eigenvalue weighted by molar-refractivity contribution is 5.91. The normalized spacial score (nSPS) is 11.2. The molecule has 29 heavy (non-hydrogen) atoms. The van der Waals surface area contributed by atoms with E-state index in [9.17, 15) is 0 Å². The molecule has 0 atom stereocenters. The molecule has 140 valence electrons. The van der Waals surface area contributed by atoms with Gasteiger partial charge in [0.2, 0.25) is 0 Å². The topological polar surface area (TPSA) is 0 Å². The van der Waals surface area contributed by atoms with Gasteiger partial charge in [0.05, 0.1) is 0 Å². The Morgan fingerprint density at radius 3 is 1.62 bits per heavy atom. The van der Waals surface area contributed by atoms with Gasteiger partial charge in [0.25, 0.3) is 0 Å². The van der Waals surface area contributed by atoms with E-state index in [-0.39, 0.29) is 0 Å². The van der Waals surface area contributed by atoms with Crippen molar-refractivity contribution in [3.8, 4) is 0 Å². The Morgan fingerprint density at radius 1 is 0.414 bits per heavy atom. The lowest BCUT2D eigenvalue weighted by atomic mass is 9.91. The molecule has 0 bridgehead atoms. The van der Waals surface area contributed by atoms with Crippen LogP contribution in [0, 0.1) is 6.92 Å². The first kappa shape index (κ1) is 17.7. The maximum absolute atomic E-state index is 2.33. The standard InChI is InChI=1S/C29H24/c1-21-9-2-3-11-23(21)19-25-17-18-26(29-16-7-6-15-28(25)29)20-24-13-8-12-22-10-4-5-14-27(22)24/h2-18H,19-20H2,1H3. The molecule has 0 saturated heterocycles. The third-order valence-corrected chi connectivity index (χ3v) is 6.01. The fourth-order valence-electron chi connectivity index (χ4n) is 4.40. The highest BCUT2D eigenvalue weighted by Crippen LogP contribution is 2.29. The number of hydrogen-bond acceptors (Lipinski definition) is 0. The highest BCUT2D eigenvalue weighted by Gasteiger charge is 2.09. The molecule has 0 spiro atoms. The van der Waals surface area contributed by atoms with E-state index in [1.165, 1.54) is 49.4 Å². The lowest BCUT2D eigenvalue weighted by Crippen LogP contribution is -1.96. The van der Waals surface area contributed by atoms with Crippen molar-refractivity contribution in [3.63, 3.8) is 0 Å². The Morgan fingerprint density at radius 2 is 0.897 bits per heavy atom. The summed E-state index contributed by atoms with van der Waals surface area (Å²) in [6.45, 7) is 2.20. The number of aryl methyl sites for hydroxylation is 1. The Labute approximate surface area is 172 Å². The third kappa shape index (κ3) is 3.43. The molecular weight excluding hydrogens is 348 g/mol. The molecule has 5 rings (SSSR count). The molecule has 0 radical (unpaired) electrons. The molecule has 0 N–H and O–H groups in total. The van der Waals surface area contributed by atoms with Gasteiger partial charge in [-0.1, -0.05) is 103 Å². The summed E-state index contributed by atoms with van der Waals surface area (Å²) in [4.78, 5) is 0. The van der Waals surface area contributed by atoms with Gasteiger partial charge < -0.3 is 0 Å². The molecule has 0 aliphatic rings. The maximum Gasteiger partial charge on any atom is -0.00135 e. The van der Waals surface area contributed by atoms with Crippen LogP contribution in [0.5, 0.6) is 0 Å². The number of fused-ring (bicyclic) bond motifs is 2. The Balaban J connectivity index is 1.58. The molecule has 0 amide bonds. The van der Waals surface area contributed by atoms with E-state index in [4.69, 9.17) is 0 Å². The molecule has 0 unspecified atom stereocenters. The van der Waals surface area contributed by atoms with Crippen molar-refractivity contribution in [1.29, 1.82) is 0 Å². The molecule has 0 aromatic heterocycles. The molecule has 5 aromatic carbocycles. The van der Waals surface area contributed by atoms with Gasteiger partial charge in [0.1, 0.15) is 0 Å². The largest absolute Gasteiger partial charge is 0.0620 e. The van der Waals surface area contributed by atoms with Crippen molar-refractivity contribution < 1.29 is 0 Å². The van der Waals surface area contributed by atoms with Crippen LogP contribution < -0.4 is 0 Å². The molecule has 5 aromatic rings. The minimum absolute atomic E-state index is 0.951. The summed E-state index contributed by atoms with van der Waals surface area (Å²) < 4.78 is 0. The summed E-state index contributed by atoms with van der Waals surface area (Å²) in [5.74, 6) is 0. The molecule has 0 heterocycles. The van der Waals surface area contributed by atoms with Crippen LogP contribution in [-0.2, 0) is 12.8 Å². The maximum atomic E-state index is 2.33. The fourth-order valence-corrected chi connectivity index (χ4v) is 4.40. The highest BCUT2D eigenvalue weighted by atomic mass is 14.1. The van der Waals surface area contributed by atoms with Crippen molar-refractivity contribution in [2.75, 3.05) is 0 Å². The molecule has 0 saturated carbocycles. The molecule has 0 heteroatoms. The average molecular weight is 373 g/mol. The van der Waals surface area contributed by atoms with Crippen LogP contribution in [0.1, 0.15) is 27.8 Å². The van der Waals surface area contributed by atoms with Gasteiger partial charge in [-0.05, 0) is 69.1 Å². The lowest BCUT2D eigenvalue weighted by Gasteiger charge is -2.14. The summed E-state index contributed by atoms with van der Waals surface area (Å²) >= 11 is 0. The van der Waals surface area contributed by atoms with Gasteiger partial charge >= 0.3 is 0 Å². The smallest absolute Gasteiger partial charge is 0.00135 e. The quantitative estimate of drug-likeness (QED) is 0.307. The first-order valence-corrected chi connectivity index (χ1v) is 10.3. The predicted molar refractivity (Wildman–Crippen MR) is 125 cm³/mol. The summed E-state index contributed by atoms with van der Waals surface area (Å²) in [5.41, 5.74) is 6.94. The first-order chi connectivity index (χ1) is 14.3. The summed E-state index contributed by atoms with van der Waals surface area (Å²) in [6.07, 6.45) is 1.92. The first-order valence-electron chi connectivity index (χ1n) is 10.3. The van der Waals surface area contributed by atoms with Crippen molar-refractivity contribution in [1.82, 2.24) is 0 Å². The van der Waals surface area contributed by atoms with Crippen LogP contribution in [0.3, 0.4) is 0 Å². The van der Waals surface area contributed by atoms with Crippen LogP contribution in [0.2, 0.25) is 0 Å². The van der Waals surface area contributed by atoms with Crippen LogP contribution in [-0.4, -0.2) is 0 Å². The van der Waals surface area contributed by atoms with Crippen LogP contribution in [0.4, 0.5) is 0 Å². The van der Waals surface area contributed by atoms with E-state index in [1.54, 1.807) is 0 Å². The van der Waals surface area contributed by atoms with Gasteiger partial charge in [-0.25, -0.2) is 0 Å². The third-order valence-electron chi connectivity index (χ3n) is 6.01. The average Bonchev–Trinajstić information content (AvgIpc) is 2.77.